The molecule has 0 saturated heterocycles. The van der Waals surface area contributed by atoms with Crippen molar-refractivity contribution in [2.45, 2.75) is 4.21 Å². The normalized spacial score (nSPS) is 10.1. The van der Waals surface area contributed by atoms with E-state index in [0.717, 1.165) is 5.75 Å². The van der Waals surface area contributed by atoms with Gasteiger partial charge < -0.3 is 0 Å². The van der Waals surface area contributed by atoms with Crippen LogP contribution in [0.2, 0.25) is 0 Å². The van der Waals surface area contributed by atoms with E-state index in [2.05, 4.69) is 36.3 Å². The van der Waals surface area contributed by atoms with Crippen molar-refractivity contribution in [3.05, 3.63) is 30.3 Å². The van der Waals surface area contributed by atoms with Crippen molar-refractivity contribution in [1.29, 1.82) is 0 Å². The van der Waals surface area contributed by atoms with Gasteiger partial charge in [0, 0.05) is 4.70 Å². The van der Waals surface area contributed by atoms with E-state index in [0.29, 0.717) is 0 Å². The standard InChI is InChI=1S/C11H8S2/c1-2-7-12-11-8-9-5-3-4-6-10(9)13-11/h1,3-6,8H,7H2. The van der Waals surface area contributed by atoms with Crippen molar-refractivity contribution in [3.63, 3.8) is 0 Å². The monoisotopic (exact) mass is 204 g/mol. The summed E-state index contributed by atoms with van der Waals surface area (Å²) in [7, 11) is 0. The van der Waals surface area contributed by atoms with Crippen molar-refractivity contribution >= 4 is 33.2 Å². The number of thioether (sulfide) groups is 1. The van der Waals surface area contributed by atoms with Gasteiger partial charge in [0.05, 0.1) is 9.96 Å². The van der Waals surface area contributed by atoms with Crippen LogP contribution in [0.4, 0.5) is 0 Å². The summed E-state index contributed by atoms with van der Waals surface area (Å²) >= 11 is 3.53. The fourth-order valence-corrected chi connectivity index (χ4v) is 3.05. The van der Waals surface area contributed by atoms with Crippen molar-refractivity contribution in [3.8, 4) is 12.3 Å². The summed E-state index contributed by atoms with van der Waals surface area (Å²) in [6.45, 7) is 0. The molecule has 64 valence electrons. The second-order valence-corrected chi connectivity index (χ2v) is 4.96. The molecule has 2 rings (SSSR count). The molecule has 13 heavy (non-hydrogen) atoms. The molecule has 1 heterocycles. The smallest absolute Gasteiger partial charge is 0.0620 e. The molecule has 0 aliphatic carbocycles. The van der Waals surface area contributed by atoms with Crippen LogP contribution in [-0.2, 0) is 0 Å². The fraction of sp³-hybridized carbons (Fsp3) is 0.0909. The van der Waals surface area contributed by atoms with Crippen LogP contribution < -0.4 is 0 Å². The summed E-state index contributed by atoms with van der Waals surface area (Å²) in [4.78, 5) is 0. The maximum atomic E-state index is 5.20. The first-order chi connectivity index (χ1) is 6.40. The van der Waals surface area contributed by atoms with Gasteiger partial charge in [-0.05, 0) is 17.5 Å². The summed E-state index contributed by atoms with van der Waals surface area (Å²) in [6.07, 6.45) is 5.20. The first-order valence-corrected chi connectivity index (χ1v) is 5.75. The van der Waals surface area contributed by atoms with E-state index >= 15 is 0 Å². The molecule has 0 radical (unpaired) electrons. The summed E-state index contributed by atoms with van der Waals surface area (Å²) in [5, 5.41) is 1.31. The highest BCUT2D eigenvalue weighted by atomic mass is 32.2. The largest absolute Gasteiger partial charge is 0.129 e. The molecule has 0 aliphatic heterocycles. The van der Waals surface area contributed by atoms with E-state index in [1.165, 1.54) is 14.3 Å². The Morgan fingerprint density at radius 3 is 3.00 bits per heavy atom. The molecule has 2 heteroatoms. The predicted octanol–water partition coefficient (Wildman–Crippen LogP) is 3.63. The van der Waals surface area contributed by atoms with Crippen molar-refractivity contribution in [2.24, 2.45) is 0 Å². The first-order valence-electron chi connectivity index (χ1n) is 3.95. The Kier molecular flexibility index (Phi) is 2.58. The Balaban J connectivity index is 2.34. The third-order valence-corrected chi connectivity index (χ3v) is 3.93. The Morgan fingerprint density at radius 1 is 1.38 bits per heavy atom. The maximum Gasteiger partial charge on any atom is 0.0620 e. The molecular weight excluding hydrogens is 196 g/mol. The molecule has 1 aromatic carbocycles. The third-order valence-electron chi connectivity index (χ3n) is 1.70. The molecule has 1 aromatic heterocycles. The number of benzene rings is 1. The second kappa shape index (κ2) is 3.87. The highest BCUT2D eigenvalue weighted by Gasteiger charge is 1.99. The summed E-state index contributed by atoms with van der Waals surface area (Å²) < 4.78 is 2.64. The minimum Gasteiger partial charge on any atom is -0.129 e. The number of fused-ring (bicyclic) bond motifs is 1. The minimum absolute atomic E-state index is 0.757. The Morgan fingerprint density at radius 2 is 2.23 bits per heavy atom. The van der Waals surface area contributed by atoms with Gasteiger partial charge in [0.2, 0.25) is 0 Å². The molecule has 0 N–H and O–H groups in total. The summed E-state index contributed by atoms with van der Waals surface area (Å²) in [5.41, 5.74) is 0. The predicted molar refractivity (Wildman–Crippen MR) is 61.4 cm³/mol. The lowest BCUT2D eigenvalue weighted by Gasteiger charge is -1.86. The molecule has 0 nitrogen and oxygen atoms in total. The van der Waals surface area contributed by atoms with Crippen LogP contribution in [-0.4, -0.2) is 5.75 Å². The van der Waals surface area contributed by atoms with Crippen LogP contribution in [0.15, 0.2) is 34.5 Å². The van der Waals surface area contributed by atoms with E-state index in [1.54, 1.807) is 23.1 Å². The lowest BCUT2D eigenvalue weighted by Crippen LogP contribution is -1.64. The average molecular weight is 204 g/mol. The van der Waals surface area contributed by atoms with Gasteiger partial charge in [-0.1, -0.05) is 24.1 Å². The van der Waals surface area contributed by atoms with E-state index in [4.69, 9.17) is 6.42 Å². The highest BCUT2D eigenvalue weighted by molar-refractivity contribution is 8.01. The molecular formula is C11H8S2. The first kappa shape index (κ1) is 8.68. The number of hydrogen-bond donors (Lipinski definition) is 0. The Hall–Kier alpha value is -0.910. The van der Waals surface area contributed by atoms with Gasteiger partial charge in [0.1, 0.15) is 0 Å². The molecule has 0 unspecified atom stereocenters. The van der Waals surface area contributed by atoms with E-state index in [1.807, 2.05) is 0 Å². The Bertz CT molecular complexity index is 415. The topological polar surface area (TPSA) is 0 Å². The molecule has 0 bridgehead atoms. The van der Waals surface area contributed by atoms with Gasteiger partial charge in [0.25, 0.3) is 0 Å². The van der Waals surface area contributed by atoms with Gasteiger partial charge in [-0.25, -0.2) is 0 Å². The zero-order valence-corrected chi connectivity index (χ0v) is 8.62. The zero-order chi connectivity index (χ0) is 9.10. The van der Waals surface area contributed by atoms with Crippen molar-refractivity contribution in [2.75, 3.05) is 5.75 Å². The van der Waals surface area contributed by atoms with Gasteiger partial charge >= 0.3 is 0 Å². The number of terminal acetylenes is 1. The number of thiophene rings is 1. The minimum atomic E-state index is 0.757. The molecule has 0 atom stereocenters. The van der Waals surface area contributed by atoms with Gasteiger partial charge in [-0.2, -0.15) is 0 Å². The van der Waals surface area contributed by atoms with Crippen molar-refractivity contribution in [1.82, 2.24) is 0 Å². The number of rotatable bonds is 2. The zero-order valence-electron chi connectivity index (χ0n) is 6.99. The quantitative estimate of drug-likeness (QED) is 0.532. The van der Waals surface area contributed by atoms with Gasteiger partial charge in [-0.15, -0.1) is 29.5 Å². The van der Waals surface area contributed by atoms with Crippen LogP contribution in [0.25, 0.3) is 10.1 Å². The highest BCUT2D eigenvalue weighted by Crippen LogP contribution is 2.32. The number of hydrogen-bond acceptors (Lipinski definition) is 2. The second-order valence-electron chi connectivity index (χ2n) is 2.60. The molecule has 0 aliphatic rings. The Labute approximate surface area is 86.0 Å². The SMILES string of the molecule is C#CCSc1cc2ccccc2s1. The van der Waals surface area contributed by atoms with Crippen LogP contribution >= 0.6 is 23.1 Å². The molecule has 2 aromatic rings. The molecule has 0 amide bonds. The van der Waals surface area contributed by atoms with Crippen LogP contribution in [0.3, 0.4) is 0 Å². The maximum absolute atomic E-state index is 5.20. The van der Waals surface area contributed by atoms with Crippen LogP contribution in [0.1, 0.15) is 0 Å². The molecule has 0 saturated carbocycles. The van der Waals surface area contributed by atoms with Crippen LogP contribution in [0, 0.1) is 12.3 Å². The van der Waals surface area contributed by atoms with E-state index in [-0.39, 0.29) is 0 Å². The molecule has 0 fully saturated rings. The van der Waals surface area contributed by atoms with E-state index in [9.17, 15) is 0 Å². The summed E-state index contributed by atoms with van der Waals surface area (Å²) in [5.74, 6) is 3.39. The fourth-order valence-electron chi connectivity index (χ4n) is 1.14. The van der Waals surface area contributed by atoms with Gasteiger partial charge in [-0.3, -0.25) is 0 Å². The average Bonchev–Trinajstić information content (AvgIpc) is 2.57. The lowest BCUT2D eigenvalue weighted by molar-refractivity contribution is 1.74. The van der Waals surface area contributed by atoms with E-state index < -0.39 is 0 Å². The van der Waals surface area contributed by atoms with Gasteiger partial charge in [0.15, 0.2) is 0 Å². The lowest BCUT2D eigenvalue weighted by atomic mass is 10.3. The van der Waals surface area contributed by atoms with Crippen molar-refractivity contribution < 1.29 is 0 Å². The van der Waals surface area contributed by atoms with Crippen LogP contribution in [0.5, 0.6) is 0 Å². The third kappa shape index (κ3) is 1.88. The summed E-state index contributed by atoms with van der Waals surface area (Å²) in [6, 6.07) is 10.6. The molecule has 0 spiro atoms.